The van der Waals surface area contributed by atoms with E-state index in [2.05, 4.69) is 20.9 Å². The maximum atomic E-state index is 12.0. The molecule has 2 aromatic rings. The van der Waals surface area contributed by atoms with Gasteiger partial charge < -0.3 is 9.30 Å². The van der Waals surface area contributed by atoms with E-state index in [0.29, 0.717) is 17.5 Å². The topological polar surface area (TPSA) is 44.1 Å². The van der Waals surface area contributed by atoms with E-state index in [0.717, 1.165) is 16.6 Å². The van der Waals surface area contributed by atoms with Crippen LogP contribution in [0.15, 0.2) is 18.5 Å². The molecule has 17 heavy (non-hydrogen) atoms. The van der Waals surface area contributed by atoms with Crippen LogP contribution in [0.1, 0.15) is 23.0 Å². The van der Waals surface area contributed by atoms with Gasteiger partial charge in [0.15, 0.2) is 0 Å². The van der Waals surface area contributed by atoms with Crippen LogP contribution in [0.3, 0.4) is 0 Å². The minimum atomic E-state index is -0.279. The van der Waals surface area contributed by atoms with Crippen LogP contribution in [-0.4, -0.2) is 22.1 Å². The fraction of sp³-hybridized carbons (Fsp3) is 0.333. The molecule has 0 saturated heterocycles. The van der Waals surface area contributed by atoms with E-state index in [-0.39, 0.29) is 5.97 Å². The molecule has 0 aliphatic carbocycles. The van der Waals surface area contributed by atoms with Gasteiger partial charge >= 0.3 is 5.97 Å². The van der Waals surface area contributed by atoms with Crippen LogP contribution >= 0.6 is 15.9 Å². The van der Waals surface area contributed by atoms with Crippen molar-refractivity contribution in [2.24, 2.45) is 7.05 Å². The van der Waals surface area contributed by atoms with Crippen molar-refractivity contribution in [2.45, 2.75) is 12.3 Å². The number of pyridine rings is 1. The van der Waals surface area contributed by atoms with E-state index in [1.807, 2.05) is 17.7 Å². The number of aryl methyl sites for hydroxylation is 1. The fourth-order valence-corrected chi connectivity index (χ4v) is 2.58. The van der Waals surface area contributed by atoms with E-state index in [4.69, 9.17) is 4.74 Å². The lowest BCUT2D eigenvalue weighted by Gasteiger charge is -2.04. The molecule has 2 rings (SSSR count). The molecule has 5 heteroatoms. The van der Waals surface area contributed by atoms with Gasteiger partial charge in [-0.3, -0.25) is 4.98 Å². The van der Waals surface area contributed by atoms with E-state index in [1.54, 1.807) is 19.3 Å². The third-order valence-corrected chi connectivity index (χ3v) is 3.26. The highest BCUT2D eigenvalue weighted by atomic mass is 79.9. The lowest BCUT2D eigenvalue weighted by atomic mass is 10.2. The minimum Gasteiger partial charge on any atom is -0.462 e. The van der Waals surface area contributed by atoms with E-state index in [1.165, 1.54) is 0 Å². The third-order valence-electron chi connectivity index (χ3n) is 2.73. The van der Waals surface area contributed by atoms with Gasteiger partial charge in [-0.2, -0.15) is 0 Å². The van der Waals surface area contributed by atoms with Gasteiger partial charge in [-0.05, 0) is 13.0 Å². The number of ether oxygens (including phenoxy) is 1. The Kier molecular flexibility index (Phi) is 3.47. The number of alkyl halides is 1. The van der Waals surface area contributed by atoms with Crippen LogP contribution in [-0.2, 0) is 17.1 Å². The lowest BCUT2D eigenvalue weighted by molar-refractivity contribution is 0.0527. The largest absolute Gasteiger partial charge is 0.462 e. The number of rotatable bonds is 3. The number of nitrogens with zero attached hydrogens (tertiary/aromatic N) is 2. The van der Waals surface area contributed by atoms with Gasteiger partial charge in [-0.25, -0.2) is 4.79 Å². The fourth-order valence-electron chi connectivity index (χ4n) is 1.92. The van der Waals surface area contributed by atoms with Gasteiger partial charge in [0.2, 0.25) is 0 Å². The number of esters is 1. The number of hydrogen-bond acceptors (Lipinski definition) is 3. The van der Waals surface area contributed by atoms with Gasteiger partial charge in [0, 0.05) is 29.7 Å². The Hall–Kier alpha value is -1.36. The van der Waals surface area contributed by atoms with Crippen LogP contribution in [0, 0.1) is 0 Å². The summed E-state index contributed by atoms with van der Waals surface area (Å²) < 4.78 is 7.06. The smallest absolute Gasteiger partial charge is 0.340 e. The summed E-state index contributed by atoms with van der Waals surface area (Å²) >= 11 is 3.41. The van der Waals surface area contributed by atoms with Crippen LogP contribution in [0.5, 0.6) is 0 Å². The Labute approximate surface area is 108 Å². The molecule has 0 saturated carbocycles. The number of hydrogen-bond donors (Lipinski definition) is 0. The third kappa shape index (κ3) is 1.95. The lowest BCUT2D eigenvalue weighted by Crippen LogP contribution is -2.07. The predicted molar refractivity (Wildman–Crippen MR) is 69.3 cm³/mol. The summed E-state index contributed by atoms with van der Waals surface area (Å²) in [7, 11) is 1.92. The standard InChI is InChI=1S/C12H13BrN2O2/c1-3-17-12(16)11-8-4-5-14-7-10(8)15(2)9(11)6-13/h4-5,7H,3,6H2,1-2H3. The zero-order valence-electron chi connectivity index (χ0n) is 9.74. The summed E-state index contributed by atoms with van der Waals surface area (Å²) in [5.41, 5.74) is 2.47. The van der Waals surface area contributed by atoms with Gasteiger partial charge in [0.1, 0.15) is 0 Å². The molecular formula is C12H13BrN2O2. The highest BCUT2D eigenvalue weighted by Crippen LogP contribution is 2.26. The highest BCUT2D eigenvalue weighted by Gasteiger charge is 2.21. The van der Waals surface area contributed by atoms with Crippen LogP contribution in [0.4, 0.5) is 0 Å². The number of carbonyl (C=O) groups is 1. The van der Waals surface area contributed by atoms with Crippen molar-refractivity contribution in [3.05, 3.63) is 29.7 Å². The minimum absolute atomic E-state index is 0.279. The molecule has 0 aliphatic heterocycles. The first-order valence-electron chi connectivity index (χ1n) is 5.35. The maximum Gasteiger partial charge on any atom is 0.340 e. The molecule has 90 valence electrons. The van der Waals surface area contributed by atoms with Crippen molar-refractivity contribution >= 4 is 32.8 Å². The molecule has 0 N–H and O–H groups in total. The molecule has 0 amide bonds. The first-order valence-corrected chi connectivity index (χ1v) is 6.47. The van der Waals surface area contributed by atoms with E-state index < -0.39 is 0 Å². The number of fused-ring (bicyclic) bond motifs is 1. The Morgan fingerprint density at radius 3 is 3.00 bits per heavy atom. The van der Waals surface area contributed by atoms with Gasteiger partial charge in [-0.1, -0.05) is 15.9 Å². The average molecular weight is 297 g/mol. The molecule has 0 fully saturated rings. The van der Waals surface area contributed by atoms with Crippen molar-refractivity contribution in [1.82, 2.24) is 9.55 Å². The normalized spacial score (nSPS) is 10.8. The molecule has 0 spiro atoms. The Bertz CT molecular complexity index is 563. The molecule has 0 aromatic carbocycles. The second kappa shape index (κ2) is 4.87. The second-order valence-corrected chi connectivity index (χ2v) is 4.19. The Balaban J connectivity index is 2.71. The van der Waals surface area contributed by atoms with Gasteiger partial charge in [-0.15, -0.1) is 0 Å². The molecular weight excluding hydrogens is 284 g/mol. The van der Waals surface area contributed by atoms with Crippen molar-refractivity contribution < 1.29 is 9.53 Å². The van der Waals surface area contributed by atoms with Crippen molar-refractivity contribution in [3.63, 3.8) is 0 Å². The quantitative estimate of drug-likeness (QED) is 0.646. The van der Waals surface area contributed by atoms with Crippen LogP contribution < -0.4 is 0 Å². The first kappa shape index (κ1) is 12.1. The highest BCUT2D eigenvalue weighted by molar-refractivity contribution is 9.08. The maximum absolute atomic E-state index is 12.0. The van der Waals surface area contributed by atoms with E-state index in [9.17, 15) is 4.79 Å². The Morgan fingerprint density at radius 1 is 1.59 bits per heavy atom. The predicted octanol–water partition coefficient (Wildman–Crippen LogP) is 2.64. The second-order valence-electron chi connectivity index (χ2n) is 3.63. The van der Waals surface area contributed by atoms with Gasteiger partial charge in [0.25, 0.3) is 0 Å². The molecule has 0 aliphatic rings. The number of halogens is 1. The molecule has 0 radical (unpaired) electrons. The summed E-state index contributed by atoms with van der Waals surface area (Å²) in [6.45, 7) is 2.18. The summed E-state index contributed by atoms with van der Waals surface area (Å²) in [4.78, 5) is 16.1. The van der Waals surface area contributed by atoms with Crippen molar-refractivity contribution in [3.8, 4) is 0 Å². The zero-order chi connectivity index (χ0) is 12.4. The molecule has 4 nitrogen and oxygen atoms in total. The summed E-state index contributed by atoms with van der Waals surface area (Å²) in [6.07, 6.45) is 3.44. The molecule has 0 bridgehead atoms. The SMILES string of the molecule is CCOC(=O)c1c(CBr)n(C)c2cnccc12. The van der Waals surface area contributed by atoms with Crippen molar-refractivity contribution in [1.29, 1.82) is 0 Å². The zero-order valence-corrected chi connectivity index (χ0v) is 11.3. The molecule has 2 aromatic heterocycles. The molecule has 0 atom stereocenters. The molecule has 2 heterocycles. The average Bonchev–Trinajstić information content (AvgIpc) is 2.63. The summed E-state index contributed by atoms with van der Waals surface area (Å²) in [5, 5.41) is 1.49. The van der Waals surface area contributed by atoms with Crippen LogP contribution in [0.2, 0.25) is 0 Å². The van der Waals surface area contributed by atoms with Crippen LogP contribution in [0.25, 0.3) is 10.9 Å². The van der Waals surface area contributed by atoms with E-state index >= 15 is 0 Å². The monoisotopic (exact) mass is 296 g/mol. The number of carbonyl (C=O) groups excluding carboxylic acids is 1. The first-order chi connectivity index (χ1) is 8.20. The summed E-state index contributed by atoms with van der Waals surface area (Å²) in [5.74, 6) is -0.279. The van der Waals surface area contributed by atoms with Gasteiger partial charge in [0.05, 0.1) is 23.9 Å². The molecule has 0 unspecified atom stereocenters. The Morgan fingerprint density at radius 2 is 2.35 bits per heavy atom. The number of aromatic nitrogens is 2. The summed E-state index contributed by atoms with van der Waals surface area (Å²) in [6, 6.07) is 1.84. The van der Waals surface area contributed by atoms with Crippen molar-refractivity contribution in [2.75, 3.05) is 6.61 Å².